The quantitative estimate of drug-likeness (QED) is 0.784. The Morgan fingerprint density at radius 2 is 1.86 bits per heavy atom. The van der Waals surface area contributed by atoms with Gasteiger partial charge in [-0.2, -0.15) is 0 Å². The smallest absolute Gasteiger partial charge is 0.139 e. The molecule has 0 aromatic heterocycles. The first kappa shape index (κ1) is 11.5. The van der Waals surface area contributed by atoms with Crippen LogP contribution in [0.2, 0.25) is 0 Å². The summed E-state index contributed by atoms with van der Waals surface area (Å²) in [5.41, 5.74) is 5.99. The lowest BCUT2D eigenvalue weighted by Crippen LogP contribution is -2.01. The van der Waals surface area contributed by atoms with E-state index in [0.717, 1.165) is 18.2 Å². The minimum atomic E-state index is -0.482. The van der Waals surface area contributed by atoms with Crippen molar-refractivity contribution >= 4 is 11.8 Å². The molecule has 0 radical (unpaired) electrons. The third kappa shape index (κ3) is 2.69. The summed E-state index contributed by atoms with van der Waals surface area (Å²) >= 11 is 1.08. The van der Waals surface area contributed by atoms with Gasteiger partial charge in [-0.05, 0) is 43.3 Å². The van der Waals surface area contributed by atoms with Gasteiger partial charge in [0.05, 0.1) is 4.90 Å². The van der Waals surface area contributed by atoms with Gasteiger partial charge in [0.15, 0.2) is 0 Å². The molecule has 78 valence electrons. The molecule has 0 bridgehead atoms. The first-order valence-electron chi connectivity index (χ1n) is 4.41. The Morgan fingerprint density at radius 3 is 2.29 bits per heavy atom. The predicted octanol–water partition coefficient (Wildman–Crippen LogP) is 2.58. The highest BCUT2D eigenvalue weighted by atomic mass is 32.2. The Bertz CT molecular complexity index is 292. The van der Waals surface area contributed by atoms with Crippen LogP contribution in [0.1, 0.15) is 12.0 Å². The number of hydrogen-bond donors (Lipinski definition) is 1. The van der Waals surface area contributed by atoms with Gasteiger partial charge in [-0.1, -0.05) is 0 Å². The van der Waals surface area contributed by atoms with Crippen molar-refractivity contribution in [3.63, 3.8) is 0 Å². The third-order valence-electron chi connectivity index (χ3n) is 1.93. The van der Waals surface area contributed by atoms with E-state index in [-0.39, 0.29) is 4.90 Å². The molecule has 0 atom stereocenters. The van der Waals surface area contributed by atoms with Crippen LogP contribution in [0.4, 0.5) is 8.78 Å². The summed E-state index contributed by atoms with van der Waals surface area (Å²) in [6.45, 7) is 0.535. The lowest BCUT2D eigenvalue weighted by atomic mass is 10.1. The van der Waals surface area contributed by atoms with Crippen LogP contribution in [0.15, 0.2) is 17.0 Å². The molecule has 0 aliphatic carbocycles. The number of nitrogens with two attached hydrogens (primary N) is 1. The Labute approximate surface area is 86.7 Å². The van der Waals surface area contributed by atoms with Gasteiger partial charge in [-0.15, -0.1) is 11.8 Å². The van der Waals surface area contributed by atoms with Crippen LogP contribution in [-0.4, -0.2) is 12.8 Å². The van der Waals surface area contributed by atoms with Crippen molar-refractivity contribution in [1.29, 1.82) is 0 Å². The summed E-state index contributed by atoms with van der Waals surface area (Å²) in [6.07, 6.45) is 3.03. The minimum Gasteiger partial charge on any atom is -0.330 e. The van der Waals surface area contributed by atoms with Gasteiger partial charge in [-0.3, -0.25) is 0 Å². The molecule has 0 saturated carbocycles. The van der Waals surface area contributed by atoms with Crippen LogP contribution in [0.5, 0.6) is 0 Å². The number of aryl methyl sites for hydroxylation is 1. The Hall–Kier alpha value is -0.610. The number of hydrogen-bond acceptors (Lipinski definition) is 2. The lowest BCUT2D eigenvalue weighted by Gasteiger charge is -2.05. The Kier molecular flexibility index (Phi) is 4.35. The van der Waals surface area contributed by atoms with Gasteiger partial charge in [0.1, 0.15) is 11.6 Å². The minimum absolute atomic E-state index is 0.0847. The molecule has 0 amide bonds. The molecule has 0 aliphatic rings. The molecular weight excluding hydrogens is 204 g/mol. The average molecular weight is 217 g/mol. The normalized spacial score (nSPS) is 10.6. The average Bonchev–Trinajstić information content (AvgIpc) is 2.14. The molecule has 2 N–H and O–H groups in total. The van der Waals surface area contributed by atoms with Crippen LogP contribution in [-0.2, 0) is 6.42 Å². The SMILES string of the molecule is CSc1c(F)cc(CCCN)cc1F. The molecule has 0 unspecified atom stereocenters. The van der Waals surface area contributed by atoms with Crippen molar-refractivity contribution < 1.29 is 8.78 Å². The van der Waals surface area contributed by atoms with Gasteiger partial charge in [0.25, 0.3) is 0 Å². The highest BCUT2D eigenvalue weighted by Crippen LogP contribution is 2.24. The standard InChI is InChI=1S/C10H13F2NS/c1-14-10-8(11)5-7(3-2-4-13)6-9(10)12/h5-6H,2-4,13H2,1H3. The van der Waals surface area contributed by atoms with E-state index >= 15 is 0 Å². The highest BCUT2D eigenvalue weighted by Gasteiger charge is 2.09. The monoisotopic (exact) mass is 217 g/mol. The molecular formula is C10H13F2NS. The molecule has 0 fully saturated rings. The fourth-order valence-corrected chi connectivity index (χ4v) is 1.77. The number of benzene rings is 1. The second kappa shape index (κ2) is 5.32. The van der Waals surface area contributed by atoms with E-state index < -0.39 is 11.6 Å². The number of rotatable bonds is 4. The summed E-state index contributed by atoms with van der Waals surface area (Å²) in [6, 6.07) is 2.76. The largest absolute Gasteiger partial charge is 0.330 e. The molecule has 1 nitrogen and oxygen atoms in total. The first-order valence-corrected chi connectivity index (χ1v) is 5.63. The molecule has 4 heteroatoms. The van der Waals surface area contributed by atoms with E-state index in [9.17, 15) is 8.78 Å². The first-order chi connectivity index (χ1) is 6.69. The van der Waals surface area contributed by atoms with Crippen molar-refractivity contribution in [3.8, 4) is 0 Å². The molecule has 0 spiro atoms. The Balaban J connectivity index is 2.90. The van der Waals surface area contributed by atoms with Gasteiger partial charge < -0.3 is 5.73 Å². The zero-order valence-electron chi connectivity index (χ0n) is 8.02. The van der Waals surface area contributed by atoms with Crippen molar-refractivity contribution in [2.24, 2.45) is 5.73 Å². The van der Waals surface area contributed by atoms with E-state index in [1.54, 1.807) is 6.26 Å². The van der Waals surface area contributed by atoms with Crippen LogP contribution in [0.3, 0.4) is 0 Å². The van der Waals surface area contributed by atoms with E-state index in [1.807, 2.05) is 0 Å². The summed E-state index contributed by atoms with van der Waals surface area (Å²) in [5, 5.41) is 0. The molecule has 14 heavy (non-hydrogen) atoms. The molecule has 0 heterocycles. The Morgan fingerprint density at radius 1 is 1.29 bits per heavy atom. The fraction of sp³-hybridized carbons (Fsp3) is 0.400. The van der Waals surface area contributed by atoms with Gasteiger partial charge in [0, 0.05) is 0 Å². The van der Waals surface area contributed by atoms with Crippen LogP contribution >= 0.6 is 11.8 Å². The summed E-state index contributed by atoms with van der Waals surface area (Å²) in [5.74, 6) is -0.964. The maximum Gasteiger partial charge on any atom is 0.139 e. The summed E-state index contributed by atoms with van der Waals surface area (Å²) < 4.78 is 26.5. The van der Waals surface area contributed by atoms with Gasteiger partial charge in [-0.25, -0.2) is 8.78 Å². The summed E-state index contributed by atoms with van der Waals surface area (Å²) in [4.78, 5) is 0.0847. The van der Waals surface area contributed by atoms with Crippen molar-refractivity contribution in [3.05, 3.63) is 29.3 Å². The van der Waals surface area contributed by atoms with E-state index in [4.69, 9.17) is 5.73 Å². The van der Waals surface area contributed by atoms with Crippen molar-refractivity contribution in [1.82, 2.24) is 0 Å². The highest BCUT2D eigenvalue weighted by molar-refractivity contribution is 7.98. The summed E-state index contributed by atoms with van der Waals surface area (Å²) in [7, 11) is 0. The zero-order valence-corrected chi connectivity index (χ0v) is 8.83. The molecule has 1 aromatic rings. The molecule has 0 aliphatic heterocycles. The lowest BCUT2D eigenvalue weighted by molar-refractivity contribution is 0.537. The topological polar surface area (TPSA) is 26.0 Å². The van der Waals surface area contributed by atoms with Gasteiger partial charge >= 0.3 is 0 Å². The van der Waals surface area contributed by atoms with E-state index in [2.05, 4.69) is 0 Å². The second-order valence-corrected chi connectivity index (χ2v) is 3.80. The van der Waals surface area contributed by atoms with Crippen LogP contribution in [0.25, 0.3) is 0 Å². The number of thioether (sulfide) groups is 1. The number of halogens is 2. The molecule has 0 saturated heterocycles. The third-order valence-corrected chi connectivity index (χ3v) is 2.73. The van der Waals surface area contributed by atoms with Crippen molar-refractivity contribution in [2.45, 2.75) is 17.7 Å². The van der Waals surface area contributed by atoms with Crippen molar-refractivity contribution in [2.75, 3.05) is 12.8 Å². The second-order valence-electron chi connectivity index (χ2n) is 2.98. The van der Waals surface area contributed by atoms with Crippen LogP contribution in [0, 0.1) is 11.6 Å². The van der Waals surface area contributed by atoms with Crippen LogP contribution < -0.4 is 5.73 Å². The molecule has 1 rings (SSSR count). The maximum absolute atomic E-state index is 13.2. The molecule has 1 aromatic carbocycles. The van der Waals surface area contributed by atoms with E-state index in [0.29, 0.717) is 18.5 Å². The maximum atomic E-state index is 13.2. The van der Waals surface area contributed by atoms with E-state index in [1.165, 1.54) is 12.1 Å². The van der Waals surface area contributed by atoms with Gasteiger partial charge in [0.2, 0.25) is 0 Å². The fourth-order valence-electron chi connectivity index (χ4n) is 1.26. The predicted molar refractivity (Wildman–Crippen MR) is 55.5 cm³/mol. The zero-order chi connectivity index (χ0) is 10.6.